The summed E-state index contributed by atoms with van der Waals surface area (Å²) < 4.78 is 57.6. The number of hydrogen-bond acceptors (Lipinski definition) is 6. The Balaban J connectivity index is 2.09. The van der Waals surface area contributed by atoms with Crippen LogP contribution in [-0.4, -0.2) is 53.0 Å². The molecule has 0 heterocycles. The van der Waals surface area contributed by atoms with Gasteiger partial charge in [-0.25, -0.2) is 16.8 Å². The van der Waals surface area contributed by atoms with Crippen LogP contribution in [0.2, 0.25) is 0 Å². The van der Waals surface area contributed by atoms with Gasteiger partial charge >= 0.3 is 0 Å². The second-order valence-corrected chi connectivity index (χ2v) is 10.9. The summed E-state index contributed by atoms with van der Waals surface area (Å²) in [6.07, 6.45) is 2.87. The molecule has 0 radical (unpaired) electrons. The molecule has 1 amide bonds. The molecule has 0 spiro atoms. The molecule has 0 fully saturated rings. The lowest BCUT2D eigenvalue weighted by Crippen LogP contribution is -2.30. The number of benzene rings is 2. The molecule has 0 saturated heterocycles. The molecule has 2 N–H and O–H groups in total. The van der Waals surface area contributed by atoms with Crippen LogP contribution in [0.4, 0.5) is 11.4 Å². The zero-order valence-corrected chi connectivity index (χ0v) is 20.7. The summed E-state index contributed by atoms with van der Waals surface area (Å²) in [4.78, 5) is 12.5. The third kappa shape index (κ3) is 7.04. The van der Waals surface area contributed by atoms with Crippen molar-refractivity contribution in [3.05, 3.63) is 54.1 Å². The molecule has 0 atom stereocenters. The maximum atomic E-state index is 12.5. The molecule has 2 aromatic carbocycles. The zero-order valence-electron chi connectivity index (χ0n) is 19.0. The van der Waals surface area contributed by atoms with Crippen molar-refractivity contribution in [2.45, 2.75) is 25.7 Å². The van der Waals surface area contributed by atoms with Crippen LogP contribution in [0.15, 0.2) is 53.4 Å². The molecule has 0 aliphatic carbocycles. The number of hydrogen-bond donors (Lipinski definition) is 2. The lowest BCUT2D eigenvalue weighted by molar-refractivity contribution is -0.111. The number of nitrogens with one attached hydrogen (secondary N) is 2. The van der Waals surface area contributed by atoms with E-state index in [4.69, 9.17) is 4.74 Å². The van der Waals surface area contributed by atoms with Gasteiger partial charge in [-0.05, 0) is 42.8 Å². The largest absolute Gasteiger partial charge is 0.494 e. The molecule has 2 aromatic rings. The maximum Gasteiger partial charge on any atom is 0.248 e. The molecule has 0 saturated carbocycles. The Morgan fingerprint density at radius 1 is 1.00 bits per heavy atom. The topological polar surface area (TPSA) is 122 Å². The predicted octanol–water partition coefficient (Wildman–Crippen LogP) is 3.14. The van der Waals surface area contributed by atoms with Gasteiger partial charge < -0.3 is 10.1 Å². The summed E-state index contributed by atoms with van der Waals surface area (Å²) in [5, 5.41) is 2.67. The number of carbonyl (C=O) groups is 1. The SMILES string of the molecule is CCN(CC)S(=O)(=O)c1ccc(/C=C/C(=O)Nc2ccc(NS(=O)(=O)CC)c(OC)c2)cc1. The second-order valence-electron chi connectivity index (χ2n) is 6.90. The van der Waals surface area contributed by atoms with E-state index in [2.05, 4.69) is 10.0 Å². The quantitative estimate of drug-likeness (QED) is 0.462. The fourth-order valence-electron chi connectivity index (χ4n) is 2.91. The van der Waals surface area contributed by atoms with Gasteiger partial charge in [0, 0.05) is 30.9 Å². The lowest BCUT2D eigenvalue weighted by atomic mass is 10.2. The fourth-order valence-corrected chi connectivity index (χ4v) is 5.02. The van der Waals surface area contributed by atoms with Gasteiger partial charge in [0.15, 0.2) is 0 Å². The molecule has 2 rings (SSSR count). The first kappa shape index (κ1) is 26.4. The minimum absolute atomic E-state index is 0.0815. The van der Waals surface area contributed by atoms with Gasteiger partial charge in [-0.15, -0.1) is 0 Å². The third-order valence-electron chi connectivity index (χ3n) is 4.77. The van der Waals surface area contributed by atoms with Crippen molar-refractivity contribution in [3.8, 4) is 5.75 Å². The number of anilines is 2. The molecular weight excluding hydrogens is 466 g/mol. The van der Waals surface area contributed by atoms with E-state index in [9.17, 15) is 21.6 Å². The van der Waals surface area contributed by atoms with Crippen molar-refractivity contribution < 1.29 is 26.4 Å². The van der Waals surface area contributed by atoms with Crippen LogP contribution >= 0.6 is 0 Å². The monoisotopic (exact) mass is 495 g/mol. The average molecular weight is 496 g/mol. The van der Waals surface area contributed by atoms with Gasteiger partial charge in [0.05, 0.1) is 23.4 Å². The van der Waals surface area contributed by atoms with Crippen molar-refractivity contribution in [2.24, 2.45) is 0 Å². The smallest absolute Gasteiger partial charge is 0.248 e. The highest BCUT2D eigenvalue weighted by atomic mass is 32.2. The van der Waals surface area contributed by atoms with Gasteiger partial charge in [0.2, 0.25) is 26.0 Å². The van der Waals surface area contributed by atoms with Crippen LogP contribution in [0, 0.1) is 0 Å². The van der Waals surface area contributed by atoms with Crippen LogP contribution < -0.4 is 14.8 Å². The maximum absolute atomic E-state index is 12.5. The molecule has 11 heteroatoms. The first-order valence-corrected chi connectivity index (χ1v) is 13.4. The van der Waals surface area contributed by atoms with Crippen molar-refractivity contribution in [1.29, 1.82) is 0 Å². The Hall–Kier alpha value is -2.89. The van der Waals surface area contributed by atoms with E-state index in [1.807, 2.05) is 0 Å². The summed E-state index contributed by atoms with van der Waals surface area (Å²) in [5.41, 5.74) is 1.35. The van der Waals surface area contributed by atoms with Gasteiger partial charge in [0.25, 0.3) is 0 Å². The second kappa shape index (κ2) is 11.3. The highest BCUT2D eigenvalue weighted by Gasteiger charge is 2.21. The number of sulfonamides is 2. The van der Waals surface area contributed by atoms with Crippen molar-refractivity contribution >= 4 is 43.4 Å². The van der Waals surface area contributed by atoms with Crippen LogP contribution in [0.25, 0.3) is 6.08 Å². The molecule has 0 aromatic heterocycles. The van der Waals surface area contributed by atoms with E-state index >= 15 is 0 Å². The number of nitrogens with zero attached hydrogens (tertiary/aromatic N) is 1. The number of carbonyl (C=O) groups excluding carboxylic acids is 1. The van der Waals surface area contributed by atoms with E-state index in [1.165, 1.54) is 48.7 Å². The lowest BCUT2D eigenvalue weighted by Gasteiger charge is -2.18. The highest BCUT2D eigenvalue weighted by Crippen LogP contribution is 2.29. The summed E-state index contributed by atoms with van der Waals surface area (Å²) in [6.45, 7) is 5.86. The molecule has 180 valence electrons. The van der Waals surface area contributed by atoms with Crippen molar-refractivity contribution in [3.63, 3.8) is 0 Å². The molecule has 0 bridgehead atoms. The van der Waals surface area contributed by atoms with Gasteiger partial charge in [-0.1, -0.05) is 26.0 Å². The summed E-state index contributed by atoms with van der Waals surface area (Å²) in [6, 6.07) is 10.8. The molecule has 33 heavy (non-hydrogen) atoms. The van der Waals surface area contributed by atoms with E-state index in [1.54, 1.807) is 38.1 Å². The molecule has 0 aliphatic heterocycles. The third-order valence-corrected chi connectivity index (χ3v) is 8.12. The normalized spacial score (nSPS) is 12.2. The predicted molar refractivity (Wildman–Crippen MR) is 130 cm³/mol. The summed E-state index contributed by atoms with van der Waals surface area (Å²) in [5.74, 6) is -0.237. The van der Waals surface area contributed by atoms with E-state index in [0.717, 1.165) is 0 Å². The Bertz CT molecular complexity index is 1200. The zero-order chi connectivity index (χ0) is 24.6. The minimum Gasteiger partial charge on any atom is -0.494 e. The number of methoxy groups -OCH3 is 1. The highest BCUT2D eigenvalue weighted by molar-refractivity contribution is 7.92. The van der Waals surface area contributed by atoms with E-state index in [0.29, 0.717) is 24.3 Å². The Labute approximate surface area is 195 Å². The average Bonchev–Trinajstić information content (AvgIpc) is 2.79. The van der Waals surface area contributed by atoms with Crippen molar-refractivity contribution in [2.75, 3.05) is 36.0 Å². The molecular formula is C22H29N3O6S2. The molecule has 0 aliphatic rings. The fraction of sp³-hybridized carbons (Fsp3) is 0.318. The first-order valence-electron chi connectivity index (χ1n) is 10.3. The number of ether oxygens (including phenoxy) is 1. The van der Waals surface area contributed by atoms with Gasteiger partial charge in [-0.3, -0.25) is 9.52 Å². The molecule has 0 unspecified atom stereocenters. The van der Waals surface area contributed by atoms with Crippen LogP contribution in [0.5, 0.6) is 5.75 Å². The number of rotatable bonds is 11. The first-order chi connectivity index (χ1) is 15.6. The number of amides is 1. The van der Waals surface area contributed by atoms with Gasteiger partial charge in [0.1, 0.15) is 5.75 Å². The van der Waals surface area contributed by atoms with Gasteiger partial charge in [-0.2, -0.15) is 4.31 Å². The summed E-state index contributed by atoms with van der Waals surface area (Å²) in [7, 11) is -5.61. The molecule has 9 nitrogen and oxygen atoms in total. The van der Waals surface area contributed by atoms with Crippen LogP contribution in [0.1, 0.15) is 26.3 Å². The van der Waals surface area contributed by atoms with Crippen LogP contribution in [-0.2, 0) is 24.8 Å². The Morgan fingerprint density at radius 3 is 2.18 bits per heavy atom. The minimum atomic E-state index is -3.54. The standard InChI is InChI=1S/C22H29N3O6S2/c1-5-25(6-2)33(29,30)19-12-8-17(9-13-19)10-15-22(26)23-18-11-14-20(21(16-18)31-4)24-32(27,28)7-3/h8-16,24H,5-7H2,1-4H3,(H,23,26)/b15-10+. The summed E-state index contributed by atoms with van der Waals surface area (Å²) >= 11 is 0. The Kier molecular flexibility index (Phi) is 9.03. The van der Waals surface area contributed by atoms with Crippen molar-refractivity contribution in [1.82, 2.24) is 4.31 Å². The van der Waals surface area contributed by atoms with E-state index < -0.39 is 26.0 Å². The Morgan fingerprint density at radius 2 is 1.64 bits per heavy atom. The van der Waals surface area contributed by atoms with E-state index in [-0.39, 0.29) is 22.1 Å². The van der Waals surface area contributed by atoms with Crippen LogP contribution in [0.3, 0.4) is 0 Å².